The lowest BCUT2D eigenvalue weighted by Gasteiger charge is -2.17. The van der Waals surface area contributed by atoms with Crippen LogP contribution in [0.3, 0.4) is 0 Å². The molecule has 0 saturated carbocycles. The van der Waals surface area contributed by atoms with Crippen LogP contribution in [0.2, 0.25) is 0 Å². The second-order valence-corrected chi connectivity index (χ2v) is 4.47. The van der Waals surface area contributed by atoms with Gasteiger partial charge >= 0.3 is 5.97 Å². The Morgan fingerprint density at radius 2 is 2.17 bits per heavy atom. The molecule has 0 bridgehead atoms. The zero-order valence-electron chi connectivity index (χ0n) is 10.8. The maximum absolute atomic E-state index is 11.0. The van der Waals surface area contributed by atoms with Crippen molar-refractivity contribution in [3.8, 4) is 0 Å². The molecule has 1 aromatic rings. The van der Waals surface area contributed by atoms with Gasteiger partial charge in [0.2, 0.25) is 0 Å². The molecule has 0 unspecified atom stereocenters. The van der Waals surface area contributed by atoms with Gasteiger partial charge in [0, 0.05) is 18.8 Å². The summed E-state index contributed by atoms with van der Waals surface area (Å²) in [7, 11) is 1.41. The lowest BCUT2D eigenvalue weighted by Crippen LogP contribution is -2.17. The number of hydrogen-bond donors (Lipinski definition) is 0. The number of methoxy groups -OCH3 is 1. The van der Waals surface area contributed by atoms with Crippen molar-refractivity contribution in [1.29, 1.82) is 0 Å². The standard InChI is InChI=1S/C15H19NO2/c1-18-15(17)9-5-7-13-6-4-8-14(12-13)16-10-2-3-11-16/h4-8,12H,2-3,9-11H2,1H3. The van der Waals surface area contributed by atoms with Crippen LogP contribution in [0.25, 0.3) is 6.08 Å². The van der Waals surface area contributed by atoms with E-state index in [-0.39, 0.29) is 5.97 Å². The van der Waals surface area contributed by atoms with Crippen LogP contribution in [0.15, 0.2) is 30.3 Å². The molecule has 2 rings (SSSR count). The molecule has 18 heavy (non-hydrogen) atoms. The number of esters is 1. The van der Waals surface area contributed by atoms with E-state index in [0.29, 0.717) is 6.42 Å². The highest BCUT2D eigenvalue weighted by Crippen LogP contribution is 2.21. The van der Waals surface area contributed by atoms with Crippen LogP contribution in [-0.4, -0.2) is 26.2 Å². The van der Waals surface area contributed by atoms with Gasteiger partial charge in [-0.1, -0.05) is 24.3 Å². The highest BCUT2D eigenvalue weighted by Gasteiger charge is 2.11. The largest absolute Gasteiger partial charge is 0.469 e. The minimum Gasteiger partial charge on any atom is -0.469 e. The van der Waals surface area contributed by atoms with Crippen molar-refractivity contribution >= 4 is 17.7 Å². The number of hydrogen-bond acceptors (Lipinski definition) is 3. The molecule has 0 aromatic heterocycles. The Bertz CT molecular complexity index is 434. The molecular formula is C15H19NO2. The zero-order valence-corrected chi connectivity index (χ0v) is 10.8. The first-order valence-electron chi connectivity index (χ1n) is 6.38. The van der Waals surface area contributed by atoms with E-state index in [4.69, 9.17) is 0 Å². The van der Waals surface area contributed by atoms with Crippen LogP contribution >= 0.6 is 0 Å². The third-order valence-electron chi connectivity index (χ3n) is 3.16. The molecule has 3 nitrogen and oxygen atoms in total. The van der Waals surface area contributed by atoms with Crippen LogP contribution in [0.5, 0.6) is 0 Å². The van der Waals surface area contributed by atoms with E-state index in [0.717, 1.165) is 18.7 Å². The summed E-state index contributed by atoms with van der Waals surface area (Å²) in [6.45, 7) is 2.30. The van der Waals surface area contributed by atoms with E-state index in [1.165, 1.54) is 25.6 Å². The molecule has 1 saturated heterocycles. The van der Waals surface area contributed by atoms with E-state index in [1.54, 1.807) is 0 Å². The summed E-state index contributed by atoms with van der Waals surface area (Å²) in [6.07, 6.45) is 6.70. The fourth-order valence-electron chi connectivity index (χ4n) is 2.18. The van der Waals surface area contributed by atoms with Crippen molar-refractivity contribution < 1.29 is 9.53 Å². The first kappa shape index (κ1) is 12.7. The lowest BCUT2D eigenvalue weighted by atomic mass is 10.1. The van der Waals surface area contributed by atoms with Gasteiger partial charge in [-0.3, -0.25) is 4.79 Å². The second-order valence-electron chi connectivity index (χ2n) is 4.47. The number of rotatable bonds is 4. The molecule has 0 spiro atoms. The molecule has 3 heteroatoms. The molecule has 0 N–H and O–H groups in total. The second kappa shape index (κ2) is 6.24. The molecule has 1 aromatic carbocycles. The first-order chi connectivity index (χ1) is 8.79. The summed E-state index contributed by atoms with van der Waals surface area (Å²) in [5, 5.41) is 0. The highest BCUT2D eigenvalue weighted by molar-refractivity contribution is 5.72. The molecule has 1 aliphatic rings. The molecule has 0 radical (unpaired) electrons. The minimum atomic E-state index is -0.207. The van der Waals surface area contributed by atoms with Gasteiger partial charge in [0.05, 0.1) is 13.5 Å². The Kier molecular flexibility index (Phi) is 4.40. The maximum Gasteiger partial charge on any atom is 0.309 e. The van der Waals surface area contributed by atoms with Gasteiger partial charge in [-0.05, 0) is 30.5 Å². The van der Waals surface area contributed by atoms with Crippen LogP contribution < -0.4 is 4.90 Å². The number of nitrogens with zero attached hydrogens (tertiary/aromatic N) is 1. The number of carbonyl (C=O) groups is 1. The van der Waals surface area contributed by atoms with Crippen LogP contribution in [-0.2, 0) is 9.53 Å². The fraction of sp³-hybridized carbons (Fsp3) is 0.400. The highest BCUT2D eigenvalue weighted by atomic mass is 16.5. The SMILES string of the molecule is COC(=O)CC=Cc1cccc(N2CCCC2)c1. The Labute approximate surface area is 108 Å². The number of carbonyl (C=O) groups excluding carboxylic acids is 1. The predicted molar refractivity (Wildman–Crippen MR) is 73.6 cm³/mol. The topological polar surface area (TPSA) is 29.5 Å². The quantitative estimate of drug-likeness (QED) is 0.764. The Balaban J connectivity index is 2.00. The molecule has 0 amide bonds. The Morgan fingerprint density at radius 1 is 1.39 bits per heavy atom. The van der Waals surface area contributed by atoms with Crippen molar-refractivity contribution in [2.75, 3.05) is 25.1 Å². The average Bonchev–Trinajstić information content (AvgIpc) is 2.93. The summed E-state index contributed by atoms with van der Waals surface area (Å²) >= 11 is 0. The van der Waals surface area contributed by atoms with Crippen LogP contribution in [0, 0.1) is 0 Å². The molecule has 1 aliphatic heterocycles. The van der Waals surface area contributed by atoms with Gasteiger partial charge in [0.25, 0.3) is 0 Å². The number of benzene rings is 1. The van der Waals surface area contributed by atoms with Gasteiger partial charge in [-0.25, -0.2) is 0 Å². The van der Waals surface area contributed by atoms with Crippen molar-refractivity contribution in [3.63, 3.8) is 0 Å². The monoisotopic (exact) mass is 245 g/mol. The zero-order chi connectivity index (χ0) is 12.8. The molecular weight excluding hydrogens is 226 g/mol. The predicted octanol–water partition coefficient (Wildman–Crippen LogP) is 2.86. The summed E-state index contributed by atoms with van der Waals surface area (Å²) in [6, 6.07) is 8.42. The molecule has 0 aliphatic carbocycles. The van der Waals surface area contributed by atoms with E-state index in [1.807, 2.05) is 18.2 Å². The fourth-order valence-corrected chi connectivity index (χ4v) is 2.18. The first-order valence-corrected chi connectivity index (χ1v) is 6.38. The van der Waals surface area contributed by atoms with E-state index in [9.17, 15) is 4.79 Å². The normalized spacial score (nSPS) is 15.3. The third kappa shape index (κ3) is 3.36. The average molecular weight is 245 g/mol. The summed E-state index contributed by atoms with van der Waals surface area (Å²) in [4.78, 5) is 13.4. The van der Waals surface area contributed by atoms with Crippen molar-refractivity contribution in [1.82, 2.24) is 0 Å². The number of anilines is 1. The minimum absolute atomic E-state index is 0.207. The summed E-state index contributed by atoms with van der Waals surface area (Å²) < 4.78 is 4.59. The smallest absolute Gasteiger partial charge is 0.309 e. The van der Waals surface area contributed by atoms with Gasteiger partial charge in [-0.2, -0.15) is 0 Å². The van der Waals surface area contributed by atoms with E-state index >= 15 is 0 Å². The summed E-state index contributed by atoms with van der Waals surface area (Å²) in [5.41, 5.74) is 2.40. The molecule has 96 valence electrons. The van der Waals surface area contributed by atoms with Gasteiger partial charge in [0.1, 0.15) is 0 Å². The maximum atomic E-state index is 11.0. The van der Waals surface area contributed by atoms with Crippen molar-refractivity contribution in [3.05, 3.63) is 35.9 Å². The van der Waals surface area contributed by atoms with Crippen LogP contribution in [0.4, 0.5) is 5.69 Å². The van der Waals surface area contributed by atoms with Crippen LogP contribution in [0.1, 0.15) is 24.8 Å². The van der Waals surface area contributed by atoms with E-state index in [2.05, 4.69) is 27.8 Å². The van der Waals surface area contributed by atoms with Gasteiger partial charge < -0.3 is 9.64 Å². The summed E-state index contributed by atoms with van der Waals surface area (Å²) in [5.74, 6) is -0.207. The van der Waals surface area contributed by atoms with Crippen molar-refractivity contribution in [2.24, 2.45) is 0 Å². The van der Waals surface area contributed by atoms with E-state index < -0.39 is 0 Å². The lowest BCUT2D eigenvalue weighted by molar-refractivity contribution is -0.139. The molecule has 0 atom stereocenters. The third-order valence-corrected chi connectivity index (χ3v) is 3.16. The molecule has 1 fully saturated rings. The number of ether oxygens (including phenoxy) is 1. The molecule has 1 heterocycles. The van der Waals surface area contributed by atoms with Gasteiger partial charge in [0.15, 0.2) is 0 Å². The van der Waals surface area contributed by atoms with Crippen molar-refractivity contribution in [2.45, 2.75) is 19.3 Å². The Morgan fingerprint density at radius 3 is 2.89 bits per heavy atom. The van der Waals surface area contributed by atoms with Gasteiger partial charge in [-0.15, -0.1) is 0 Å². The Hall–Kier alpha value is -1.77.